The molecule has 106 valence electrons. The van der Waals surface area contributed by atoms with E-state index in [-0.39, 0.29) is 0 Å². The molecule has 1 aliphatic rings. The Balaban J connectivity index is 1.80. The summed E-state index contributed by atoms with van der Waals surface area (Å²) >= 11 is 2.35. The normalized spacial score (nSPS) is 18.0. The Morgan fingerprint density at radius 3 is 2.80 bits per heavy atom. The molecule has 0 saturated heterocycles. The largest absolute Gasteiger partial charge is 0.349 e. The minimum absolute atomic E-state index is 0.557. The summed E-state index contributed by atoms with van der Waals surface area (Å²) in [5.41, 5.74) is 4.43. The highest BCUT2D eigenvalue weighted by Gasteiger charge is 2.21. The van der Waals surface area contributed by atoms with Gasteiger partial charge < -0.3 is 9.88 Å². The fourth-order valence-electron chi connectivity index (χ4n) is 3.10. The van der Waals surface area contributed by atoms with E-state index in [9.17, 15) is 0 Å². The molecular weight excluding hydrogens is 359 g/mol. The van der Waals surface area contributed by atoms with Gasteiger partial charge in [0.05, 0.1) is 0 Å². The molecule has 1 unspecified atom stereocenters. The van der Waals surface area contributed by atoms with Gasteiger partial charge in [0.2, 0.25) is 0 Å². The SMILES string of the molecule is CCNC1CCCc2cn(Cc3ccc(I)cc3)cc21. The zero-order valence-corrected chi connectivity index (χ0v) is 14.1. The maximum Gasteiger partial charge on any atom is 0.0470 e. The quantitative estimate of drug-likeness (QED) is 0.790. The highest BCUT2D eigenvalue weighted by molar-refractivity contribution is 14.1. The second-order valence-corrected chi connectivity index (χ2v) is 6.79. The first-order chi connectivity index (χ1) is 9.76. The van der Waals surface area contributed by atoms with Crippen molar-refractivity contribution in [3.8, 4) is 0 Å². The molecule has 1 aromatic heterocycles. The predicted octanol–water partition coefficient (Wildman–Crippen LogP) is 4.13. The third-order valence-electron chi connectivity index (χ3n) is 4.04. The molecule has 2 nitrogen and oxygen atoms in total. The Labute approximate surface area is 134 Å². The Bertz CT molecular complexity index is 571. The van der Waals surface area contributed by atoms with Crippen LogP contribution in [0.2, 0.25) is 0 Å². The van der Waals surface area contributed by atoms with Crippen molar-refractivity contribution in [2.75, 3.05) is 6.54 Å². The van der Waals surface area contributed by atoms with Crippen LogP contribution in [0, 0.1) is 3.57 Å². The lowest BCUT2D eigenvalue weighted by atomic mass is 9.91. The number of benzene rings is 1. The summed E-state index contributed by atoms with van der Waals surface area (Å²) in [6.07, 6.45) is 8.50. The van der Waals surface area contributed by atoms with Gasteiger partial charge in [-0.3, -0.25) is 0 Å². The van der Waals surface area contributed by atoms with Crippen LogP contribution in [0.3, 0.4) is 0 Å². The molecule has 0 spiro atoms. The molecule has 20 heavy (non-hydrogen) atoms. The van der Waals surface area contributed by atoms with Crippen LogP contribution in [0.5, 0.6) is 0 Å². The molecular formula is C17H21IN2. The van der Waals surface area contributed by atoms with E-state index in [0.29, 0.717) is 6.04 Å². The standard InChI is InChI=1S/C17H21IN2/c1-2-19-17-5-3-4-14-11-20(12-16(14)17)10-13-6-8-15(18)9-7-13/h6-9,11-12,17,19H,2-5,10H2,1H3. The number of halogens is 1. The molecule has 0 amide bonds. The van der Waals surface area contributed by atoms with Crippen molar-refractivity contribution < 1.29 is 0 Å². The van der Waals surface area contributed by atoms with Crippen molar-refractivity contribution in [2.45, 2.75) is 38.8 Å². The summed E-state index contributed by atoms with van der Waals surface area (Å²) in [6.45, 7) is 4.21. The van der Waals surface area contributed by atoms with E-state index in [1.165, 1.54) is 39.5 Å². The van der Waals surface area contributed by atoms with Crippen molar-refractivity contribution in [1.29, 1.82) is 0 Å². The average molecular weight is 380 g/mol. The third-order valence-corrected chi connectivity index (χ3v) is 4.76. The van der Waals surface area contributed by atoms with Gasteiger partial charge in [0, 0.05) is 28.6 Å². The minimum atomic E-state index is 0.557. The first kappa shape index (κ1) is 14.1. The fraction of sp³-hybridized carbons (Fsp3) is 0.412. The Morgan fingerprint density at radius 1 is 1.25 bits per heavy atom. The average Bonchev–Trinajstić information content (AvgIpc) is 2.85. The summed E-state index contributed by atoms with van der Waals surface area (Å²) in [5, 5.41) is 3.61. The number of hydrogen-bond acceptors (Lipinski definition) is 1. The lowest BCUT2D eigenvalue weighted by molar-refractivity contribution is 0.473. The van der Waals surface area contributed by atoms with Gasteiger partial charge in [0.1, 0.15) is 0 Å². The van der Waals surface area contributed by atoms with Gasteiger partial charge in [-0.25, -0.2) is 0 Å². The predicted molar refractivity (Wildman–Crippen MR) is 92.0 cm³/mol. The molecule has 2 aromatic rings. The molecule has 0 bridgehead atoms. The number of aryl methyl sites for hydroxylation is 1. The Kier molecular flexibility index (Phi) is 4.46. The summed E-state index contributed by atoms with van der Waals surface area (Å²) in [6, 6.07) is 9.37. The van der Waals surface area contributed by atoms with Gasteiger partial charge in [-0.2, -0.15) is 0 Å². The van der Waals surface area contributed by atoms with Crippen LogP contribution >= 0.6 is 22.6 Å². The van der Waals surface area contributed by atoms with Crippen LogP contribution in [-0.4, -0.2) is 11.1 Å². The number of rotatable bonds is 4. The first-order valence-electron chi connectivity index (χ1n) is 7.42. The maximum absolute atomic E-state index is 3.61. The smallest absolute Gasteiger partial charge is 0.0470 e. The second-order valence-electron chi connectivity index (χ2n) is 5.54. The molecule has 0 saturated carbocycles. The zero-order valence-electron chi connectivity index (χ0n) is 11.9. The summed E-state index contributed by atoms with van der Waals surface area (Å²) in [4.78, 5) is 0. The zero-order chi connectivity index (χ0) is 13.9. The van der Waals surface area contributed by atoms with E-state index in [2.05, 4.69) is 76.1 Å². The molecule has 3 rings (SSSR count). The second kappa shape index (κ2) is 6.31. The molecule has 3 heteroatoms. The number of nitrogens with one attached hydrogen (secondary N) is 1. The molecule has 1 aromatic carbocycles. The lowest BCUT2D eigenvalue weighted by Gasteiger charge is -2.22. The first-order valence-corrected chi connectivity index (χ1v) is 8.50. The number of hydrogen-bond donors (Lipinski definition) is 1. The lowest BCUT2D eigenvalue weighted by Crippen LogP contribution is -2.23. The molecule has 0 aliphatic heterocycles. The molecule has 1 atom stereocenters. The van der Waals surface area contributed by atoms with Crippen molar-refractivity contribution >= 4 is 22.6 Å². The van der Waals surface area contributed by atoms with Crippen LogP contribution < -0.4 is 5.32 Å². The summed E-state index contributed by atoms with van der Waals surface area (Å²) in [7, 11) is 0. The topological polar surface area (TPSA) is 17.0 Å². The van der Waals surface area contributed by atoms with Crippen molar-refractivity contribution in [2.24, 2.45) is 0 Å². The molecule has 1 N–H and O–H groups in total. The minimum Gasteiger partial charge on any atom is -0.349 e. The summed E-state index contributed by atoms with van der Waals surface area (Å²) in [5.74, 6) is 0. The van der Waals surface area contributed by atoms with Crippen molar-refractivity contribution in [3.05, 3.63) is 56.9 Å². The number of nitrogens with zero attached hydrogens (tertiary/aromatic N) is 1. The van der Waals surface area contributed by atoms with Crippen LogP contribution in [0.25, 0.3) is 0 Å². The van der Waals surface area contributed by atoms with E-state index in [1.54, 1.807) is 0 Å². The van der Waals surface area contributed by atoms with E-state index in [0.717, 1.165) is 13.1 Å². The highest BCUT2D eigenvalue weighted by atomic mass is 127. The van der Waals surface area contributed by atoms with Gasteiger partial charge in [0.15, 0.2) is 0 Å². The van der Waals surface area contributed by atoms with Crippen LogP contribution in [0.1, 0.15) is 42.5 Å². The van der Waals surface area contributed by atoms with E-state index in [1.807, 2.05) is 0 Å². The van der Waals surface area contributed by atoms with Gasteiger partial charge in [0.25, 0.3) is 0 Å². The summed E-state index contributed by atoms with van der Waals surface area (Å²) < 4.78 is 3.65. The third kappa shape index (κ3) is 3.09. The van der Waals surface area contributed by atoms with E-state index < -0.39 is 0 Å². The van der Waals surface area contributed by atoms with Gasteiger partial charge in [-0.05, 0) is 77.2 Å². The molecule has 1 heterocycles. The van der Waals surface area contributed by atoms with Crippen molar-refractivity contribution in [1.82, 2.24) is 9.88 Å². The Morgan fingerprint density at radius 2 is 2.05 bits per heavy atom. The number of fused-ring (bicyclic) bond motifs is 1. The van der Waals surface area contributed by atoms with Gasteiger partial charge in [-0.1, -0.05) is 19.1 Å². The molecule has 0 radical (unpaired) electrons. The number of aromatic nitrogens is 1. The van der Waals surface area contributed by atoms with Gasteiger partial charge in [-0.15, -0.1) is 0 Å². The van der Waals surface area contributed by atoms with Crippen LogP contribution in [0.15, 0.2) is 36.7 Å². The van der Waals surface area contributed by atoms with Crippen molar-refractivity contribution in [3.63, 3.8) is 0 Å². The van der Waals surface area contributed by atoms with E-state index >= 15 is 0 Å². The van der Waals surface area contributed by atoms with Gasteiger partial charge >= 0.3 is 0 Å². The maximum atomic E-state index is 3.61. The van der Waals surface area contributed by atoms with E-state index in [4.69, 9.17) is 0 Å². The molecule has 1 aliphatic carbocycles. The highest BCUT2D eigenvalue weighted by Crippen LogP contribution is 2.30. The van der Waals surface area contributed by atoms with Crippen LogP contribution in [-0.2, 0) is 13.0 Å². The molecule has 0 fully saturated rings. The fourth-order valence-corrected chi connectivity index (χ4v) is 3.46. The monoisotopic (exact) mass is 380 g/mol. The van der Waals surface area contributed by atoms with Crippen LogP contribution in [0.4, 0.5) is 0 Å². The Hall–Kier alpha value is -0.810.